The van der Waals surface area contributed by atoms with Crippen molar-refractivity contribution in [2.24, 2.45) is 0 Å². The van der Waals surface area contributed by atoms with Gasteiger partial charge in [0.1, 0.15) is 12.0 Å². The molecule has 1 N–H and O–H groups in total. The second-order valence-electron chi connectivity index (χ2n) is 5.41. The van der Waals surface area contributed by atoms with Crippen molar-refractivity contribution in [1.82, 2.24) is 0 Å². The Morgan fingerprint density at radius 1 is 1.17 bits per heavy atom. The Hall–Kier alpha value is -1.03. The summed E-state index contributed by atoms with van der Waals surface area (Å²) in [5.41, 5.74) is 0. The maximum Gasteiger partial charge on any atom is 0.145 e. The molecule has 0 bridgehead atoms. The molecule has 0 aromatic carbocycles. The number of carboxylic acid groups (broad SMARTS) is 1. The predicted octanol–water partition coefficient (Wildman–Crippen LogP) is 1.96. The number of hydrogen-bond donors (Lipinski definition) is 1. The topological polar surface area (TPSA) is 60.4 Å². The van der Waals surface area contributed by atoms with Crippen molar-refractivity contribution < 1.29 is 19.5 Å². The van der Waals surface area contributed by atoms with Crippen LogP contribution in [0, 0.1) is 0 Å². The lowest BCUT2D eigenvalue weighted by atomic mass is 10.1. The Bertz CT molecular complexity index is 272. The number of carbonyl (C=O) groups excluding carboxylic acids is 1. The second-order valence-corrected chi connectivity index (χ2v) is 5.41. The Kier molecular flexibility index (Phi) is 8.46. The minimum Gasteiger partial charge on any atom is -0.550 e. The van der Waals surface area contributed by atoms with E-state index in [0.29, 0.717) is 29.6 Å². The summed E-state index contributed by atoms with van der Waals surface area (Å²) in [7, 11) is 3.91. The van der Waals surface area contributed by atoms with Crippen LogP contribution in [-0.2, 0) is 4.79 Å². The summed E-state index contributed by atoms with van der Waals surface area (Å²) in [5, 5.41) is 20.1. The van der Waals surface area contributed by atoms with Crippen molar-refractivity contribution in [3.63, 3.8) is 0 Å². The van der Waals surface area contributed by atoms with Gasteiger partial charge in [-0.15, -0.1) is 0 Å². The summed E-state index contributed by atoms with van der Waals surface area (Å²) >= 11 is 0. The molecule has 0 aromatic rings. The Morgan fingerprint density at radius 3 is 2.39 bits per heavy atom. The first-order valence-corrected chi connectivity index (χ1v) is 6.80. The number of carbonyl (C=O) groups is 1. The first-order chi connectivity index (χ1) is 8.37. The summed E-state index contributed by atoms with van der Waals surface area (Å²) in [6.45, 7) is 2.85. The lowest BCUT2D eigenvalue weighted by Crippen LogP contribution is -2.35. The normalized spacial score (nSPS) is 12.7. The minimum atomic E-state index is -1.01. The maximum absolute atomic E-state index is 10.3. The van der Waals surface area contributed by atoms with E-state index < -0.39 is 5.97 Å². The van der Waals surface area contributed by atoms with Gasteiger partial charge in [-0.3, -0.25) is 4.48 Å². The molecule has 0 radical (unpaired) electrons. The van der Waals surface area contributed by atoms with Crippen LogP contribution in [0.15, 0.2) is 12.0 Å². The highest BCUT2D eigenvalue weighted by molar-refractivity contribution is 5.64. The predicted molar refractivity (Wildman–Crippen MR) is 70.7 cm³/mol. The van der Waals surface area contributed by atoms with E-state index >= 15 is 0 Å². The molecule has 0 atom stereocenters. The van der Waals surface area contributed by atoms with E-state index in [2.05, 4.69) is 6.92 Å². The van der Waals surface area contributed by atoms with Gasteiger partial charge in [0, 0.05) is 18.8 Å². The largest absolute Gasteiger partial charge is 0.550 e. The highest BCUT2D eigenvalue weighted by Crippen LogP contribution is 2.11. The van der Waals surface area contributed by atoms with Gasteiger partial charge in [0.05, 0.1) is 20.6 Å². The zero-order valence-electron chi connectivity index (χ0n) is 11.9. The number of aliphatic hydroxyl groups is 1. The first-order valence-electron chi connectivity index (χ1n) is 6.80. The molecule has 0 aromatic heterocycles. The molecule has 4 heteroatoms. The molecule has 0 fully saturated rings. The van der Waals surface area contributed by atoms with Gasteiger partial charge in [0.15, 0.2) is 0 Å². The number of carboxylic acids is 1. The van der Waals surface area contributed by atoms with E-state index in [-0.39, 0.29) is 6.42 Å². The van der Waals surface area contributed by atoms with Gasteiger partial charge in [-0.1, -0.05) is 26.2 Å². The van der Waals surface area contributed by atoms with E-state index in [9.17, 15) is 15.0 Å². The summed E-state index contributed by atoms with van der Waals surface area (Å²) in [4.78, 5) is 10.3. The van der Waals surface area contributed by atoms with Gasteiger partial charge in [-0.05, 0) is 12.8 Å². The molecule has 0 saturated heterocycles. The zero-order valence-corrected chi connectivity index (χ0v) is 11.9. The number of aliphatic carboxylic acids is 1. The molecule has 0 aliphatic heterocycles. The monoisotopic (exact) mass is 257 g/mol. The van der Waals surface area contributed by atoms with Crippen molar-refractivity contribution in [3.05, 3.63) is 12.0 Å². The molecule has 0 unspecified atom stereocenters. The lowest BCUT2D eigenvalue weighted by molar-refractivity contribution is -0.840. The average molecular weight is 257 g/mol. The Morgan fingerprint density at radius 2 is 1.83 bits per heavy atom. The van der Waals surface area contributed by atoms with Crippen LogP contribution in [0.4, 0.5) is 0 Å². The van der Waals surface area contributed by atoms with Gasteiger partial charge >= 0.3 is 0 Å². The average Bonchev–Trinajstić information content (AvgIpc) is 2.22. The lowest BCUT2D eigenvalue weighted by Gasteiger charge is -2.25. The van der Waals surface area contributed by atoms with E-state index in [1.165, 1.54) is 12.8 Å². The third-order valence-electron chi connectivity index (χ3n) is 2.90. The molecular formula is C14H27NO3. The molecule has 0 saturated carbocycles. The molecule has 0 rings (SSSR count). The molecule has 106 valence electrons. The van der Waals surface area contributed by atoms with E-state index in [0.717, 1.165) is 12.8 Å². The van der Waals surface area contributed by atoms with Crippen LogP contribution < -0.4 is 5.11 Å². The van der Waals surface area contributed by atoms with Crippen molar-refractivity contribution >= 4 is 5.97 Å². The van der Waals surface area contributed by atoms with Crippen LogP contribution in [0.25, 0.3) is 0 Å². The number of hydrogen-bond acceptors (Lipinski definition) is 3. The summed E-state index contributed by atoms with van der Waals surface area (Å²) in [5.74, 6) is -0.604. The van der Waals surface area contributed by atoms with E-state index in [1.807, 2.05) is 14.1 Å². The molecular weight excluding hydrogens is 230 g/mol. The molecule has 0 heterocycles. The fourth-order valence-corrected chi connectivity index (χ4v) is 1.90. The number of unbranched alkanes of at least 4 members (excludes halogenated alkanes) is 3. The van der Waals surface area contributed by atoms with Crippen LogP contribution >= 0.6 is 0 Å². The number of nitrogens with zero attached hydrogens (tertiary/aromatic N) is 1. The summed E-state index contributed by atoms with van der Waals surface area (Å²) < 4.78 is 0.507. The van der Waals surface area contributed by atoms with Crippen molar-refractivity contribution in [2.45, 2.75) is 51.9 Å². The Balaban J connectivity index is 3.97. The SMILES string of the molecule is CCCCCC/C(O)=C/[N+](C)(C)CCCC(=O)[O-]. The van der Waals surface area contributed by atoms with Gasteiger partial charge < -0.3 is 15.0 Å². The van der Waals surface area contributed by atoms with Crippen LogP contribution in [0.3, 0.4) is 0 Å². The summed E-state index contributed by atoms with van der Waals surface area (Å²) in [6, 6.07) is 0. The van der Waals surface area contributed by atoms with Crippen molar-refractivity contribution in [1.29, 1.82) is 0 Å². The molecule has 0 amide bonds. The number of allylic oxidation sites excluding steroid dienone is 1. The van der Waals surface area contributed by atoms with Gasteiger partial charge in [0.2, 0.25) is 0 Å². The number of aliphatic hydroxyl groups excluding tert-OH is 1. The maximum atomic E-state index is 10.3. The molecule has 18 heavy (non-hydrogen) atoms. The molecule has 4 nitrogen and oxygen atoms in total. The first kappa shape index (κ1) is 17.0. The molecule has 0 aliphatic rings. The van der Waals surface area contributed by atoms with Gasteiger partial charge in [0.25, 0.3) is 0 Å². The van der Waals surface area contributed by atoms with Crippen molar-refractivity contribution in [2.75, 3.05) is 20.6 Å². The quantitative estimate of drug-likeness (QED) is 0.370. The zero-order chi connectivity index (χ0) is 14.0. The third kappa shape index (κ3) is 10.1. The van der Waals surface area contributed by atoms with Gasteiger partial charge in [-0.25, -0.2) is 0 Å². The Labute approximate surface area is 111 Å². The van der Waals surface area contributed by atoms with Gasteiger partial charge in [-0.2, -0.15) is 0 Å². The fourth-order valence-electron chi connectivity index (χ4n) is 1.90. The summed E-state index contributed by atoms with van der Waals surface area (Å²) in [6.07, 6.45) is 7.71. The van der Waals surface area contributed by atoms with Crippen LogP contribution in [0.1, 0.15) is 51.9 Å². The third-order valence-corrected chi connectivity index (χ3v) is 2.90. The number of rotatable bonds is 10. The van der Waals surface area contributed by atoms with E-state index in [1.54, 1.807) is 6.20 Å². The highest BCUT2D eigenvalue weighted by atomic mass is 16.4. The van der Waals surface area contributed by atoms with E-state index in [4.69, 9.17) is 0 Å². The second kappa shape index (κ2) is 8.97. The molecule has 0 spiro atoms. The highest BCUT2D eigenvalue weighted by Gasteiger charge is 2.13. The molecule has 0 aliphatic carbocycles. The standard InChI is InChI=1S/C14H27NO3/c1-4-5-6-7-9-13(16)12-15(2,3)11-8-10-14(17)18/h12H,4-11H2,1-3H3,(H-,16,17,18)/b13-12-. The van der Waals surface area contributed by atoms with Crippen LogP contribution in [0.2, 0.25) is 0 Å². The minimum absolute atomic E-state index is 0.0762. The number of quaternary nitrogens is 1. The fraction of sp³-hybridized carbons (Fsp3) is 0.786. The van der Waals surface area contributed by atoms with Crippen molar-refractivity contribution in [3.8, 4) is 0 Å². The van der Waals surface area contributed by atoms with Crippen LogP contribution in [-0.4, -0.2) is 36.2 Å². The smallest absolute Gasteiger partial charge is 0.145 e. The van der Waals surface area contributed by atoms with Crippen LogP contribution in [0.5, 0.6) is 0 Å².